The van der Waals surface area contributed by atoms with Crippen LogP contribution < -0.4 is 4.90 Å². The molecule has 7 heteroatoms. The molecule has 6 nitrogen and oxygen atoms in total. The highest BCUT2D eigenvalue weighted by molar-refractivity contribution is 5.71. The number of rotatable bonds is 3. The van der Waals surface area contributed by atoms with Gasteiger partial charge in [0.1, 0.15) is 12.1 Å². The fraction of sp³-hybridized carbons (Fsp3) is 0.308. The molecule has 2 aromatic heterocycles. The molecule has 2 aliphatic rings. The van der Waals surface area contributed by atoms with Crippen LogP contribution in [0.1, 0.15) is 12.5 Å². The normalized spacial score (nSPS) is 19.4. The molecule has 0 amide bonds. The molecule has 168 valence electrons. The van der Waals surface area contributed by atoms with Crippen molar-refractivity contribution in [3.63, 3.8) is 0 Å². The van der Waals surface area contributed by atoms with Gasteiger partial charge >= 0.3 is 0 Å². The van der Waals surface area contributed by atoms with E-state index in [-0.39, 0.29) is 5.82 Å². The smallest absolute Gasteiger partial charge is 0.179 e. The Balaban J connectivity index is 1.40. The highest BCUT2D eigenvalue weighted by atomic mass is 19.1. The lowest BCUT2D eigenvalue weighted by Gasteiger charge is -2.23. The Kier molecular flexibility index (Phi) is 4.62. The summed E-state index contributed by atoms with van der Waals surface area (Å²) in [6.07, 6.45) is 3.74. The number of hydrogen-bond acceptors (Lipinski definition) is 4. The van der Waals surface area contributed by atoms with Crippen molar-refractivity contribution in [3.8, 4) is 28.3 Å². The molecule has 2 aromatic carbocycles. The van der Waals surface area contributed by atoms with Crippen LogP contribution in [-0.2, 0) is 6.54 Å². The van der Waals surface area contributed by atoms with Crippen molar-refractivity contribution in [3.05, 3.63) is 72.4 Å². The number of benzene rings is 2. The van der Waals surface area contributed by atoms with E-state index in [4.69, 9.17) is 0 Å². The summed E-state index contributed by atoms with van der Waals surface area (Å²) >= 11 is 0. The summed E-state index contributed by atoms with van der Waals surface area (Å²) in [5.41, 5.74) is 6.56. The molecule has 0 spiro atoms. The third-order valence-electron chi connectivity index (χ3n) is 7.08. The molecular formula is C26H27FN6. The molecule has 0 saturated carbocycles. The van der Waals surface area contributed by atoms with Crippen molar-refractivity contribution in [1.29, 1.82) is 0 Å². The summed E-state index contributed by atoms with van der Waals surface area (Å²) in [4.78, 5) is 9.39. The van der Waals surface area contributed by atoms with Crippen LogP contribution in [0.4, 0.5) is 10.1 Å². The van der Waals surface area contributed by atoms with Crippen LogP contribution >= 0.6 is 0 Å². The van der Waals surface area contributed by atoms with E-state index >= 15 is 0 Å². The molecule has 0 aliphatic carbocycles. The molecule has 0 unspecified atom stereocenters. The molecule has 4 aromatic rings. The maximum absolute atomic E-state index is 13.4. The number of fused-ring (bicyclic) bond motifs is 5. The molecule has 33 heavy (non-hydrogen) atoms. The molecule has 4 heterocycles. The van der Waals surface area contributed by atoms with Crippen molar-refractivity contribution in [2.45, 2.75) is 19.5 Å². The van der Waals surface area contributed by atoms with E-state index in [2.05, 4.69) is 75.9 Å². The second-order valence-electron chi connectivity index (χ2n) is 9.47. The van der Waals surface area contributed by atoms with Gasteiger partial charge in [-0.15, -0.1) is 0 Å². The average Bonchev–Trinajstić information content (AvgIpc) is 3.51. The minimum Gasteiger partial charge on any atom is -0.370 e. The monoisotopic (exact) mass is 442 g/mol. The van der Waals surface area contributed by atoms with Crippen LogP contribution in [0.3, 0.4) is 0 Å². The van der Waals surface area contributed by atoms with Crippen LogP contribution in [-0.4, -0.2) is 57.5 Å². The topological polar surface area (TPSA) is 42.1 Å². The molecule has 2 atom stereocenters. The minimum absolute atomic E-state index is 0.228. The Bertz CT molecular complexity index is 1320. The Hall–Kier alpha value is -3.45. The summed E-state index contributed by atoms with van der Waals surface area (Å²) in [6, 6.07) is 16.0. The van der Waals surface area contributed by atoms with Crippen molar-refractivity contribution in [2.75, 3.05) is 32.1 Å². The first-order chi connectivity index (χ1) is 16.0. The van der Waals surface area contributed by atoms with Crippen LogP contribution in [0.5, 0.6) is 0 Å². The van der Waals surface area contributed by atoms with Gasteiger partial charge in [-0.1, -0.05) is 19.1 Å². The lowest BCUT2D eigenvalue weighted by molar-refractivity contribution is 0.266. The predicted octanol–water partition coefficient (Wildman–Crippen LogP) is 4.29. The largest absolute Gasteiger partial charge is 0.370 e. The zero-order valence-corrected chi connectivity index (χ0v) is 19.1. The standard InChI is InChI=1S/C26H27FN6/c1-17-12-31(15-25(17)30(2)3)22-8-9-23-20(10-22)14-32-13-19(18-4-6-21(27)7-5-18)11-24(32)26-28-16-29-33(23)26/h4-11,13,16-17,25H,12,14-15H2,1-3H3/t17-,25-/m1/s1. The third kappa shape index (κ3) is 3.35. The molecular weight excluding hydrogens is 415 g/mol. The zero-order chi connectivity index (χ0) is 22.7. The van der Waals surface area contributed by atoms with Gasteiger partial charge in [-0.2, -0.15) is 5.10 Å². The van der Waals surface area contributed by atoms with Gasteiger partial charge in [0, 0.05) is 43.1 Å². The Labute approximate surface area is 192 Å². The van der Waals surface area contributed by atoms with Crippen molar-refractivity contribution in [1.82, 2.24) is 24.2 Å². The van der Waals surface area contributed by atoms with Crippen LogP contribution in [0, 0.1) is 11.7 Å². The number of hydrogen-bond donors (Lipinski definition) is 0. The predicted molar refractivity (Wildman–Crippen MR) is 128 cm³/mol. The van der Waals surface area contributed by atoms with E-state index in [1.807, 2.05) is 16.8 Å². The maximum atomic E-state index is 13.4. The molecule has 1 saturated heterocycles. The SMILES string of the molecule is C[C@@H]1CN(c2ccc3c(c2)Cn2cc(-c4ccc(F)cc4)cc2-c2ncnn2-3)C[C@H]1N(C)C. The number of nitrogens with zero attached hydrogens (tertiary/aromatic N) is 6. The van der Waals surface area contributed by atoms with E-state index in [9.17, 15) is 4.39 Å². The lowest BCUT2D eigenvalue weighted by Crippen LogP contribution is -2.34. The van der Waals surface area contributed by atoms with E-state index < -0.39 is 0 Å². The van der Waals surface area contributed by atoms with Crippen LogP contribution in [0.25, 0.3) is 28.3 Å². The summed E-state index contributed by atoms with van der Waals surface area (Å²) in [7, 11) is 4.33. The van der Waals surface area contributed by atoms with Gasteiger partial charge in [-0.3, -0.25) is 0 Å². The highest BCUT2D eigenvalue weighted by Crippen LogP contribution is 2.35. The van der Waals surface area contributed by atoms with E-state index in [0.717, 1.165) is 48.0 Å². The Morgan fingerprint density at radius 1 is 1.00 bits per heavy atom. The van der Waals surface area contributed by atoms with Gasteiger partial charge < -0.3 is 14.4 Å². The van der Waals surface area contributed by atoms with Crippen LogP contribution in [0.15, 0.2) is 61.1 Å². The van der Waals surface area contributed by atoms with E-state index in [1.165, 1.54) is 23.4 Å². The summed E-state index contributed by atoms with van der Waals surface area (Å²) in [5, 5.41) is 4.55. The maximum Gasteiger partial charge on any atom is 0.179 e. The number of likely N-dealkylation sites (N-methyl/N-ethyl adjacent to an activating group) is 1. The molecule has 6 rings (SSSR count). The second kappa shape index (κ2) is 7.56. The van der Waals surface area contributed by atoms with E-state index in [0.29, 0.717) is 12.0 Å². The van der Waals surface area contributed by atoms with Gasteiger partial charge in [-0.05, 0) is 67.5 Å². The molecule has 0 bridgehead atoms. The van der Waals surface area contributed by atoms with Gasteiger partial charge in [-0.25, -0.2) is 14.1 Å². The summed E-state index contributed by atoms with van der Waals surface area (Å²) in [6.45, 7) is 5.15. The van der Waals surface area contributed by atoms with Crippen LogP contribution in [0.2, 0.25) is 0 Å². The molecule has 1 fully saturated rings. The first kappa shape index (κ1) is 20.2. The minimum atomic E-state index is -0.228. The van der Waals surface area contributed by atoms with Crippen molar-refractivity contribution >= 4 is 5.69 Å². The number of halogens is 1. The first-order valence-electron chi connectivity index (χ1n) is 11.4. The quantitative estimate of drug-likeness (QED) is 0.418. The first-order valence-corrected chi connectivity index (χ1v) is 11.4. The fourth-order valence-corrected chi connectivity index (χ4v) is 5.34. The van der Waals surface area contributed by atoms with Gasteiger partial charge in [0.15, 0.2) is 5.82 Å². The van der Waals surface area contributed by atoms with Gasteiger partial charge in [0.05, 0.1) is 11.4 Å². The third-order valence-corrected chi connectivity index (χ3v) is 7.08. The van der Waals surface area contributed by atoms with Crippen molar-refractivity contribution in [2.24, 2.45) is 5.92 Å². The average molecular weight is 443 g/mol. The second-order valence-corrected chi connectivity index (χ2v) is 9.47. The Morgan fingerprint density at radius 3 is 2.58 bits per heavy atom. The van der Waals surface area contributed by atoms with Crippen molar-refractivity contribution < 1.29 is 4.39 Å². The fourth-order valence-electron chi connectivity index (χ4n) is 5.34. The Morgan fingerprint density at radius 2 is 1.82 bits per heavy atom. The molecule has 0 radical (unpaired) electrons. The number of anilines is 1. The number of aromatic nitrogens is 4. The van der Waals surface area contributed by atoms with Gasteiger partial charge in [0.25, 0.3) is 0 Å². The van der Waals surface area contributed by atoms with Gasteiger partial charge in [0.2, 0.25) is 0 Å². The summed E-state index contributed by atoms with van der Waals surface area (Å²) < 4.78 is 17.6. The highest BCUT2D eigenvalue weighted by Gasteiger charge is 2.32. The lowest BCUT2D eigenvalue weighted by atomic mass is 10.1. The molecule has 0 N–H and O–H groups in total. The zero-order valence-electron chi connectivity index (χ0n) is 19.1. The van der Waals surface area contributed by atoms with E-state index in [1.54, 1.807) is 6.33 Å². The molecule has 2 aliphatic heterocycles. The summed E-state index contributed by atoms with van der Waals surface area (Å²) in [5.74, 6) is 1.21.